The predicted octanol–water partition coefficient (Wildman–Crippen LogP) is 19.3. The van der Waals surface area contributed by atoms with Gasteiger partial charge in [-0.05, 0) is 139 Å². The molecule has 0 aliphatic heterocycles. The number of hydrogen-bond acceptors (Lipinski definition) is 0. The second kappa shape index (κ2) is 16.8. The van der Waals surface area contributed by atoms with Gasteiger partial charge in [0, 0.05) is 0 Å². The van der Waals surface area contributed by atoms with Crippen molar-refractivity contribution in [1.29, 1.82) is 0 Å². The van der Waals surface area contributed by atoms with Crippen LogP contribution >= 0.6 is 0 Å². The zero-order valence-electron chi connectivity index (χ0n) is 40.0. The Morgan fingerprint density at radius 1 is 0.264 bits per heavy atom. The quantitative estimate of drug-likeness (QED) is 0.110. The van der Waals surface area contributed by atoms with Crippen LogP contribution < -0.4 is 0 Å². The third-order valence-corrected chi connectivity index (χ3v) is 15.7. The van der Waals surface area contributed by atoms with Gasteiger partial charge in [0.2, 0.25) is 0 Å². The van der Waals surface area contributed by atoms with Crippen molar-refractivity contribution in [1.82, 2.24) is 0 Å². The topological polar surface area (TPSA) is 0 Å². The third kappa shape index (κ3) is 6.39. The summed E-state index contributed by atoms with van der Waals surface area (Å²) in [6.45, 7) is 2.17. The van der Waals surface area contributed by atoms with E-state index in [9.17, 15) is 0 Å². The lowest BCUT2D eigenvalue weighted by Gasteiger charge is -2.34. The average Bonchev–Trinajstić information content (AvgIpc) is 3.75. The van der Waals surface area contributed by atoms with Crippen LogP contribution in [-0.4, -0.2) is 0 Å². The number of rotatable bonds is 7. The largest absolute Gasteiger partial charge is 0.0713 e. The molecule has 0 saturated heterocycles. The standard InChI is InChI=1S/C72H48/c1-47-33-41-52(42-34-47)72(68-31-14-12-24-61(68)62-25-13-15-32-69(62)72)53-43-37-51(38-44-53)70-63-26-8-10-28-65(63)71(66-29-11-9-27-64(66)70)67-46-40-50(56-21-5-7-23-59(56)67)36-35-49-39-45-60(57-22-6-4-20-55(49)57)58-30-16-18-48-17-2-3-19-54(48)58/h2-46H,1H3. The Balaban J connectivity index is 0.895. The van der Waals surface area contributed by atoms with E-state index in [1.807, 2.05) is 0 Å². The lowest BCUT2D eigenvalue weighted by molar-refractivity contribution is 0.768. The summed E-state index contributed by atoms with van der Waals surface area (Å²) < 4.78 is 0. The van der Waals surface area contributed by atoms with Gasteiger partial charge in [-0.1, -0.05) is 279 Å². The highest BCUT2D eigenvalue weighted by Crippen LogP contribution is 2.56. The van der Waals surface area contributed by atoms with Crippen LogP contribution in [0.4, 0.5) is 0 Å². The molecule has 0 nitrogen and oxygen atoms in total. The molecule has 0 fully saturated rings. The lowest BCUT2D eigenvalue weighted by Crippen LogP contribution is -2.28. The molecule has 1 aliphatic carbocycles. The van der Waals surface area contributed by atoms with Crippen LogP contribution in [0.25, 0.3) is 111 Å². The van der Waals surface area contributed by atoms with Crippen molar-refractivity contribution >= 4 is 66.0 Å². The summed E-state index contributed by atoms with van der Waals surface area (Å²) >= 11 is 0. The molecule has 0 heteroatoms. The summed E-state index contributed by atoms with van der Waals surface area (Å²) in [6, 6.07) is 97.2. The van der Waals surface area contributed by atoms with Crippen LogP contribution in [0.2, 0.25) is 0 Å². The van der Waals surface area contributed by atoms with Gasteiger partial charge in [0.05, 0.1) is 5.41 Å². The van der Waals surface area contributed by atoms with E-state index in [0.717, 1.165) is 0 Å². The molecule has 0 N–H and O–H groups in total. The van der Waals surface area contributed by atoms with Crippen molar-refractivity contribution in [2.45, 2.75) is 12.3 Å². The molecule has 0 bridgehead atoms. The number of benzene rings is 13. The molecule has 13 aromatic rings. The SMILES string of the molecule is Cc1ccc(C2(c3ccc(-c4c5ccccc5c(-c5ccc(C=Cc6ccc(-c7cccc8ccccc78)c7ccccc67)c6ccccc56)c5ccccc45)cc3)c3ccccc3-c3ccccc32)cc1. The second-order valence-corrected chi connectivity index (χ2v) is 19.5. The fourth-order valence-electron chi connectivity index (χ4n) is 12.5. The molecule has 14 rings (SSSR count). The van der Waals surface area contributed by atoms with E-state index in [-0.39, 0.29) is 0 Å². The molecule has 0 radical (unpaired) electrons. The fraction of sp³-hybridized carbons (Fsp3) is 0.0278. The van der Waals surface area contributed by atoms with Crippen molar-refractivity contribution in [2.24, 2.45) is 0 Å². The second-order valence-electron chi connectivity index (χ2n) is 19.5. The molecular weight excluding hydrogens is 865 g/mol. The van der Waals surface area contributed by atoms with Crippen molar-refractivity contribution < 1.29 is 0 Å². The van der Waals surface area contributed by atoms with Gasteiger partial charge in [-0.15, -0.1) is 0 Å². The fourth-order valence-corrected chi connectivity index (χ4v) is 12.5. The van der Waals surface area contributed by atoms with Crippen molar-refractivity contribution in [3.63, 3.8) is 0 Å². The molecular formula is C72H48. The maximum Gasteiger partial charge on any atom is 0.0713 e. The van der Waals surface area contributed by atoms with Crippen LogP contribution in [0.1, 0.15) is 38.9 Å². The third-order valence-electron chi connectivity index (χ3n) is 15.7. The Hall–Kier alpha value is -9.10. The average molecular weight is 913 g/mol. The van der Waals surface area contributed by atoms with Gasteiger partial charge < -0.3 is 0 Å². The molecule has 0 saturated carbocycles. The molecule has 0 heterocycles. The Morgan fingerprint density at radius 2 is 0.653 bits per heavy atom. The first-order chi connectivity index (χ1) is 35.6. The molecule has 0 aromatic heterocycles. The minimum atomic E-state index is -0.452. The van der Waals surface area contributed by atoms with Gasteiger partial charge in [0.1, 0.15) is 0 Å². The molecule has 72 heavy (non-hydrogen) atoms. The van der Waals surface area contributed by atoms with Gasteiger partial charge in [0.25, 0.3) is 0 Å². The normalized spacial score (nSPS) is 12.8. The highest BCUT2D eigenvalue weighted by Gasteiger charge is 2.45. The van der Waals surface area contributed by atoms with Gasteiger partial charge in [-0.25, -0.2) is 0 Å². The van der Waals surface area contributed by atoms with Gasteiger partial charge in [0.15, 0.2) is 0 Å². The maximum atomic E-state index is 2.40. The highest BCUT2D eigenvalue weighted by atomic mass is 14.5. The molecule has 0 atom stereocenters. The smallest absolute Gasteiger partial charge is 0.0619 e. The van der Waals surface area contributed by atoms with E-state index >= 15 is 0 Å². The Labute approximate surface area is 420 Å². The number of hydrogen-bond donors (Lipinski definition) is 0. The first-order valence-electron chi connectivity index (χ1n) is 25.2. The molecule has 13 aromatic carbocycles. The summed E-state index contributed by atoms with van der Waals surface area (Å²) in [5.74, 6) is 0. The molecule has 0 amide bonds. The van der Waals surface area contributed by atoms with E-state index in [0.29, 0.717) is 0 Å². The van der Waals surface area contributed by atoms with E-state index < -0.39 is 5.41 Å². The van der Waals surface area contributed by atoms with Gasteiger partial charge >= 0.3 is 0 Å². The zero-order valence-corrected chi connectivity index (χ0v) is 40.0. The monoisotopic (exact) mass is 912 g/mol. The minimum Gasteiger partial charge on any atom is -0.0619 e. The molecule has 1 aliphatic rings. The molecule has 336 valence electrons. The lowest BCUT2D eigenvalue weighted by atomic mass is 9.67. The first kappa shape index (κ1) is 41.8. The van der Waals surface area contributed by atoms with Crippen molar-refractivity contribution in [2.75, 3.05) is 0 Å². The number of fused-ring (bicyclic) bond motifs is 8. The van der Waals surface area contributed by atoms with Crippen LogP contribution in [0.15, 0.2) is 261 Å². The Kier molecular flexibility index (Phi) is 9.76. The van der Waals surface area contributed by atoms with E-state index in [1.54, 1.807) is 0 Å². The summed E-state index contributed by atoms with van der Waals surface area (Å²) in [6.07, 6.45) is 4.61. The Bertz CT molecular complexity index is 4210. The van der Waals surface area contributed by atoms with E-state index in [2.05, 4.69) is 280 Å². The van der Waals surface area contributed by atoms with Crippen LogP contribution in [0, 0.1) is 6.92 Å². The number of aryl methyl sites for hydroxylation is 1. The predicted molar refractivity (Wildman–Crippen MR) is 308 cm³/mol. The maximum absolute atomic E-state index is 2.40. The summed E-state index contributed by atoms with van der Waals surface area (Å²) in [4.78, 5) is 0. The summed E-state index contributed by atoms with van der Waals surface area (Å²) in [5.41, 5.74) is 18.5. The van der Waals surface area contributed by atoms with Crippen LogP contribution in [0.5, 0.6) is 0 Å². The first-order valence-corrected chi connectivity index (χ1v) is 25.2. The molecule has 0 spiro atoms. The summed E-state index contributed by atoms with van der Waals surface area (Å²) in [7, 11) is 0. The minimum absolute atomic E-state index is 0.452. The van der Waals surface area contributed by atoms with E-state index in [4.69, 9.17) is 0 Å². The van der Waals surface area contributed by atoms with Crippen LogP contribution in [-0.2, 0) is 5.41 Å². The van der Waals surface area contributed by atoms with Crippen molar-refractivity contribution in [3.8, 4) is 44.5 Å². The highest BCUT2D eigenvalue weighted by molar-refractivity contribution is 6.24. The molecule has 0 unspecified atom stereocenters. The van der Waals surface area contributed by atoms with Gasteiger partial charge in [-0.3, -0.25) is 0 Å². The Morgan fingerprint density at radius 3 is 1.22 bits per heavy atom. The summed E-state index contributed by atoms with van der Waals surface area (Å²) in [5, 5.41) is 12.5. The zero-order chi connectivity index (χ0) is 47.8. The van der Waals surface area contributed by atoms with Crippen LogP contribution in [0.3, 0.4) is 0 Å². The van der Waals surface area contributed by atoms with E-state index in [1.165, 1.54) is 137 Å². The van der Waals surface area contributed by atoms with Gasteiger partial charge in [-0.2, -0.15) is 0 Å². The van der Waals surface area contributed by atoms with Crippen molar-refractivity contribution in [3.05, 3.63) is 300 Å².